The highest BCUT2D eigenvalue weighted by molar-refractivity contribution is 9.10. The Morgan fingerprint density at radius 1 is 1.25 bits per heavy atom. The van der Waals surface area contributed by atoms with Gasteiger partial charge in [0.05, 0.1) is 16.8 Å². The summed E-state index contributed by atoms with van der Waals surface area (Å²) in [4.78, 5) is 26.6. The van der Waals surface area contributed by atoms with Gasteiger partial charge in [0.15, 0.2) is 6.61 Å². The van der Waals surface area contributed by atoms with E-state index < -0.39 is 10.8 Å². The van der Waals surface area contributed by atoms with E-state index in [0.717, 1.165) is 37.7 Å². The summed E-state index contributed by atoms with van der Waals surface area (Å²) in [6.07, 6.45) is 8.74. The van der Waals surface area contributed by atoms with Gasteiger partial charge in [-0.15, -0.1) is 0 Å². The van der Waals surface area contributed by atoms with E-state index in [2.05, 4.69) is 31.2 Å². The number of rotatable bonds is 8. The van der Waals surface area contributed by atoms with Gasteiger partial charge in [0.25, 0.3) is 5.91 Å². The molecule has 1 amide bonds. The summed E-state index contributed by atoms with van der Waals surface area (Å²) >= 11 is 3.32. The fourth-order valence-electron chi connectivity index (χ4n) is 7.21. The number of nitro groups is 1. The molecule has 2 heterocycles. The lowest BCUT2D eigenvalue weighted by Crippen LogP contribution is -2.57. The third-order valence-electron chi connectivity index (χ3n) is 7.95. The molecule has 7 rings (SSSR count). The van der Waals surface area contributed by atoms with Gasteiger partial charge in [0.2, 0.25) is 11.7 Å². The highest BCUT2D eigenvalue weighted by Crippen LogP contribution is 2.65. The van der Waals surface area contributed by atoms with Crippen LogP contribution >= 0.6 is 15.9 Å². The van der Waals surface area contributed by atoms with Gasteiger partial charge in [-0.2, -0.15) is 9.67 Å². The van der Waals surface area contributed by atoms with Crippen LogP contribution in [0.15, 0.2) is 39.5 Å². The van der Waals surface area contributed by atoms with Crippen LogP contribution in [0.4, 0.5) is 5.82 Å². The largest absolute Gasteiger partial charge is 0.484 e. The fraction of sp³-hybridized carbons (Fsp3) is 0.500. The normalized spacial score (nSPS) is 28.4. The molecule has 3 aromatic rings. The Morgan fingerprint density at radius 2 is 1.97 bits per heavy atom. The van der Waals surface area contributed by atoms with Crippen LogP contribution < -0.4 is 10.5 Å². The third kappa shape index (κ3) is 4.06. The zero-order valence-electron chi connectivity index (χ0n) is 19.4. The molecule has 2 unspecified atom stereocenters. The van der Waals surface area contributed by atoms with Gasteiger partial charge < -0.3 is 25.1 Å². The molecule has 2 N–H and O–H groups in total. The Morgan fingerprint density at radius 3 is 2.61 bits per heavy atom. The number of carbonyl (C=O) groups is 1. The molecule has 2 aromatic heterocycles. The molecular weight excluding hydrogens is 532 g/mol. The summed E-state index contributed by atoms with van der Waals surface area (Å²) in [5.41, 5.74) is 5.69. The van der Waals surface area contributed by atoms with Crippen molar-refractivity contribution in [1.82, 2.24) is 19.9 Å². The van der Waals surface area contributed by atoms with Crippen LogP contribution in [0.25, 0.3) is 11.4 Å². The summed E-state index contributed by atoms with van der Waals surface area (Å²) in [6.45, 7) is -0.180. The van der Waals surface area contributed by atoms with E-state index in [-0.39, 0.29) is 23.4 Å². The summed E-state index contributed by atoms with van der Waals surface area (Å²) in [5, 5.41) is 20.0. The standard InChI is InChI=1S/C24H25BrN6O5/c25-18-11-30(28-22(18)31(33)34)24-8-14-5-15(9-24)7-23(6-14,13-24)10-20-27-21(29-36-20)16-1-3-17(4-2-16)35-12-19(26)32/h1-4,11,14-15H,5-10,12-13H2,(H2,26,32). The van der Waals surface area contributed by atoms with E-state index >= 15 is 0 Å². The molecule has 1 aromatic carbocycles. The second-order valence-corrected chi connectivity index (χ2v) is 11.5. The van der Waals surface area contributed by atoms with Crippen molar-refractivity contribution in [2.24, 2.45) is 23.0 Å². The Bertz CT molecular complexity index is 1320. The van der Waals surface area contributed by atoms with Crippen LogP contribution in [0.5, 0.6) is 5.75 Å². The van der Waals surface area contributed by atoms with Gasteiger partial charge in [0.1, 0.15) is 10.2 Å². The zero-order valence-corrected chi connectivity index (χ0v) is 21.0. The number of hydrogen-bond acceptors (Lipinski definition) is 8. The molecule has 4 fully saturated rings. The number of aromatic nitrogens is 4. The van der Waals surface area contributed by atoms with Crippen molar-refractivity contribution >= 4 is 27.7 Å². The van der Waals surface area contributed by atoms with Gasteiger partial charge >= 0.3 is 5.82 Å². The first-order valence-electron chi connectivity index (χ1n) is 12.0. The number of hydrogen-bond donors (Lipinski definition) is 1. The van der Waals surface area contributed by atoms with Crippen LogP contribution in [0.1, 0.15) is 44.4 Å². The van der Waals surface area contributed by atoms with Crippen LogP contribution in [-0.2, 0) is 16.8 Å². The molecular formula is C24H25BrN6O5. The van der Waals surface area contributed by atoms with Gasteiger partial charge in [-0.3, -0.25) is 4.79 Å². The van der Waals surface area contributed by atoms with Crippen LogP contribution in [0, 0.1) is 27.4 Å². The average molecular weight is 557 g/mol. The molecule has 0 saturated heterocycles. The Balaban J connectivity index is 1.22. The zero-order chi connectivity index (χ0) is 25.1. The number of primary amides is 1. The van der Waals surface area contributed by atoms with Crippen molar-refractivity contribution in [2.75, 3.05) is 6.61 Å². The third-order valence-corrected chi connectivity index (χ3v) is 8.51. The fourth-order valence-corrected chi connectivity index (χ4v) is 7.62. The predicted octanol–water partition coefficient (Wildman–Crippen LogP) is 4.01. The summed E-state index contributed by atoms with van der Waals surface area (Å²) in [5.74, 6) is 2.08. The van der Waals surface area contributed by atoms with E-state index in [0.29, 0.717) is 40.2 Å². The molecule has 0 aliphatic heterocycles. The van der Waals surface area contributed by atoms with Crippen LogP contribution in [0.2, 0.25) is 0 Å². The minimum atomic E-state index is -0.535. The summed E-state index contributed by atoms with van der Waals surface area (Å²) in [7, 11) is 0. The second-order valence-electron chi connectivity index (χ2n) is 10.7. The number of amides is 1. The highest BCUT2D eigenvalue weighted by atomic mass is 79.9. The van der Waals surface area contributed by atoms with Crippen molar-refractivity contribution in [3.63, 3.8) is 0 Å². The van der Waals surface area contributed by atoms with Crippen LogP contribution in [-0.4, -0.2) is 37.4 Å². The van der Waals surface area contributed by atoms with E-state index in [9.17, 15) is 14.9 Å². The van der Waals surface area contributed by atoms with Gasteiger partial charge in [0, 0.05) is 12.0 Å². The number of carbonyl (C=O) groups excluding carboxylic acids is 1. The van der Waals surface area contributed by atoms with E-state index in [1.54, 1.807) is 18.3 Å². The smallest absolute Gasteiger partial charge is 0.404 e. The first-order valence-corrected chi connectivity index (χ1v) is 12.8. The molecule has 0 radical (unpaired) electrons. The Hall–Kier alpha value is -3.28. The molecule has 4 bridgehead atoms. The molecule has 4 aliphatic carbocycles. The maximum atomic E-state index is 11.4. The molecule has 12 heteroatoms. The molecule has 36 heavy (non-hydrogen) atoms. The Labute approximate surface area is 214 Å². The number of benzene rings is 1. The van der Waals surface area contributed by atoms with E-state index in [1.165, 1.54) is 6.42 Å². The van der Waals surface area contributed by atoms with E-state index in [1.807, 2.05) is 16.8 Å². The molecule has 11 nitrogen and oxygen atoms in total. The predicted molar refractivity (Wildman–Crippen MR) is 130 cm³/mol. The van der Waals surface area contributed by atoms with E-state index in [4.69, 9.17) is 15.0 Å². The maximum Gasteiger partial charge on any atom is 0.404 e. The lowest BCUT2D eigenvalue weighted by atomic mass is 9.46. The van der Waals surface area contributed by atoms with Crippen molar-refractivity contribution < 1.29 is 19.0 Å². The van der Waals surface area contributed by atoms with Crippen molar-refractivity contribution in [3.05, 3.63) is 50.9 Å². The molecule has 4 aliphatic rings. The number of ether oxygens (including phenoxy) is 1. The maximum absolute atomic E-state index is 11.4. The molecule has 2 atom stereocenters. The minimum absolute atomic E-state index is 0.00749. The number of nitrogens with two attached hydrogens (primary N) is 1. The SMILES string of the molecule is NC(=O)COc1ccc(-c2noc(CC34CC5CC(C3)CC(n3cc(Br)c([N+](=O)[O-])n3)(C5)C4)n2)cc1. The monoisotopic (exact) mass is 556 g/mol. The Kier molecular flexibility index (Phi) is 5.39. The average Bonchev–Trinajstić information content (AvgIpc) is 3.44. The number of halogens is 1. The first-order chi connectivity index (χ1) is 17.2. The topological polar surface area (TPSA) is 152 Å². The summed E-state index contributed by atoms with van der Waals surface area (Å²) < 4.78 is 13.3. The molecule has 188 valence electrons. The van der Waals surface area contributed by atoms with Gasteiger partial charge in [-0.05, 0) is 101 Å². The summed E-state index contributed by atoms with van der Waals surface area (Å²) in [6, 6.07) is 7.09. The highest BCUT2D eigenvalue weighted by Gasteiger charge is 2.60. The van der Waals surface area contributed by atoms with Crippen molar-refractivity contribution in [3.8, 4) is 17.1 Å². The quantitative estimate of drug-likeness (QED) is 0.322. The van der Waals surface area contributed by atoms with Crippen LogP contribution in [0.3, 0.4) is 0 Å². The lowest BCUT2D eigenvalue weighted by molar-refractivity contribution is -0.390. The van der Waals surface area contributed by atoms with Crippen molar-refractivity contribution in [1.29, 1.82) is 0 Å². The molecule has 0 spiro atoms. The lowest BCUT2D eigenvalue weighted by Gasteiger charge is -2.61. The minimum Gasteiger partial charge on any atom is -0.484 e. The molecule has 4 saturated carbocycles. The van der Waals surface area contributed by atoms with Gasteiger partial charge in [-0.25, -0.2) is 0 Å². The van der Waals surface area contributed by atoms with Gasteiger partial charge in [-0.1, -0.05) is 5.16 Å². The van der Waals surface area contributed by atoms with Crippen molar-refractivity contribution in [2.45, 2.75) is 50.5 Å². The number of nitrogens with zero attached hydrogens (tertiary/aromatic N) is 5. The second kappa shape index (κ2) is 8.39. The first kappa shape index (κ1) is 23.1.